The fourth-order valence-electron chi connectivity index (χ4n) is 1.89. The predicted molar refractivity (Wildman–Crippen MR) is 87.2 cm³/mol. The summed E-state index contributed by atoms with van der Waals surface area (Å²) < 4.78 is 30.3. The van der Waals surface area contributed by atoms with Crippen LogP contribution >= 0.6 is 0 Å². The number of carbonyl (C=O) groups is 1. The summed E-state index contributed by atoms with van der Waals surface area (Å²) in [5.74, 6) is 0.186. The normalized spacial score (nSPS) is 12.5. The van der Waals surface area contributed by atoms with E-state index in [0.717, 1.165) is 0 Å². The first-order chi connectivity index (χ1) is 10.8. The Bertz CT molecular complexity index is 799. The topological polar surface area (TPSA) is 98.5 Å². The molecule has 0 aliphatic carbocycles. The summed E-state index contributed by atoms with van der Waals surface area (Å²) in [6.45, 7) is 1.55. The fraction of sp³-hybridized carbons (Fsp3) is 0.188. The molecule has 0 fully saturated rings. The Morgan fingerprint density at radius 1 is 1.13 bits per heavy atom. The quantitative estimate of drug-likeness (QED) is 0.869. The molecule has 3 N–H and O–H groups in total. The highest BCUT2D eigenvalue weighted by atomic mass is 32.2. The van der Waals surface area contributed by atoms with Crippen LogP contribution in [0.5, 0.6) is 5.75 Å². The zero-order chi connectivity index (χ0) is 17.0. The van der Waals surface area contributed by atoms with Crippen molar-refractivity contribution in [3.05, 3.63) is 48.5 Å². The minimum absolute atomic E-state index is 0.0881. The smallest absolute Gasteiger partial charge is 0.240 e. The van der Waals surface area contributed by atoms with E-state index < -0.39 is 15.9 Å². The molecule has 6 nitrogen and oxygen atoms in total. The Hall–Kier alpha value is -2.38. The molecule has 1 unspecified atom stereocenters. The molecule has 0 saturated heterocycles. The minimum Gasteiger partial charge on any atom is -0.497 e. The van der Waals surface area contributed by atoms with E-state index in [1.807, 2.05) is 0 Å². The molecule has 1 atom stereocenters. The second-order valence-electron chi connectivity index (χ2n) is 4.98. The number of benzene rings is 2. The van der Waals surface area contributed by atoms with Gasteiger partial charge in [0.1, 0.15) is 5.75 Å². The number of hydrogen-bond donors (Lipinski definition) is 2. The van der Waals surface area contributed by atoms with E-state index >= 15 is 0 Å². The van der Waals surface area contributed by atoms with Crippen molar-refractivity contribution in [3.63, 3.8) is 0 Å². The van der Waals surface area contributed by atoms with Crippen molar-refractivity contribution in [3.8, 4) is 5.75 Å². The summed E-state index contributed by atoms with van der Waals surface area (Å²) in [4.78, 5) is 11.8. The first-order valence-electron chi connectivity index (χ1n) is 6.90. The average molecular weight is 334 g/mol. The number of ether oxygens (including phenoxy) is 1. The molecule has 1 amide bonds. The van der Waals surface area contributed by atoms with Gasteiger partial charge in [-0.1, -0.05) is 6.07 Å². The van der Waals surface area contributed by atoms with E-state index in [9.17, 15) is 13.2 Å². The lowest BCUT2D eigenvalue weighted by molar-refractivity contribution is -0.117. The average Bonchev–Trinajstić information content (AvgIpc) is 2.55. The molecular formula is C16H18N2O4S. The zero-order valence-corrected chi connectivity index (χ0v) is 13.6. The van der Waals surface area contributed by atoms with E-state index in [2.05, 4.69) is 5.32 Å². The fourth-order valence-corrected chi connectivity index (χ4v) is 3.19. The molecule has 2 aromatic carbocycles. The summed E-state index contributed by atoms with van der Waals surface area (Å²) in [5.41, 5.74) is 5.86. The molecule has 0 radical (unpaired) electrons. The van der Waals surface area contributed by atoms with Crippen LogP contribution in [0.3, 0.4) is 0 Å². The van der Waals surface area contributed by atoms with Gasteiger partial charge in [-0.15, -0.1) is 0 Å². The standard InChI is InChI=1S/C16H18N2O4S/c1-11(17)16(19)18-12-4-3-5-15(10-12)23(20,21)14-8-6-13(22-2)7-9-14/h3-11H,17H2,1-2H3,(H,18,19). The summed E-state index contributed by atoms with van der Waals surface area (Å²) in [7, 11) is -2.17. The van der Waals surface area contributed by atoms with Crippen LogP contribution in [-0.4, -0.2) is 27.5 Å². The molecule has 0 aromatic heterocycles. The highest BCUT2D eigenvalue weighted by Gasteiger charge is 2.18. The van der Waals surface area contributed by atoms with Gasteiger partial charge in [-0.25, -0.2) is 8.42 Å². The maximum Gasteiger partial charge on any atom is 0.240 e. The lowest BCUT2D eigenvalue weighted by Gasteiger charge is -2.10. The van der Waals surface area contributed by atoms with E-state index in [4.69, 9.17) is 10.5 Å². The summed E-state index contributed by atoms with van der Waals surface area (Å²) in [6.07, 6.45) is 0. The number of anilines is 1. The maximum atomic E-state index is 12.6. The molecule has 0 bridgehead atoms. The van der Waals surface area contributed by atoms with Gasteiger partial charge in [-0.3, -0.25) is 4.79 Å². The molecule has 23 heavy (non-hydrogen) atoms. The number of nitrogens with one attached hydrogen (secondary N) is 1. The van der Waals surface area contributed by atoms with Gasteiger partial charge in [0.05, 0.1) is 22.9 Å². The predicted octanol–water partition coefficient (Wildman–Crippen LogP) is 1.81. The molecule has 2 aromatic rings. The van der Waals surface area contributed by atoms with Gasteiger partial charge >= 0.3 is 0 Å². The second-order valence-corrected chi connectivity index (χ2v) is 6.93. The molecule has 122 valence electrons. The number of amides is 1. The number of carbonyl (C=O) groups excluding carboxylic acids is 1. The molecule has 7 heteroatoms. The van der Waals surface area contributed by atoms with Crippen LogP contribution in [0.2, 0.25) is 0 Å². The number of rotatable bonds is 5. The van der Waals surface area contributed by atoms with Gasteiger partial charge < -0.3 is 15.8 Å². The Balaban J connectivity index is 2.34. The van der Waals surface area contributed by atoms with E-state index in [1.165, 1.54) is 31.4 Å². The summed E-state index contributed by atoms with van der Waals surface area (Å²) in [5, 5.41) is 2.58. The van der Waals surface area contributed by atoms with Gasteiger partial charge in [0.2, 0.25) is 15.7 Å². The van der Waals surface area contributed by atoms with E-state index in [0.29, 0.717) is 11.4 Å². The Morgan fingerprint density at radius 2 is 1.78 bits per heavy atom. The minimum atomic E-state index is -3.68. The third-order valence-corrected chi connectivity index (χ3v) is 4.96. The SMILES string of the molecule is COc1ccc(S(=O)(=O)c2cccc(NC(=O)C(C)N)c2)cc1. The molecule has 0 aliphatic rings. The largest absolute Gasteiger partial charge is 0.497 e. The lowest BCUT2D eigenvalue weighted by Crippen LogP contribution is -2.32. The van der Waals surface area contributed by atoms with Gasteiger partial charge in [0, 0.05) is 5.69 Å². The molecule has 2 rings (SSSR count). The van der Waals surface area contributed by atoms with Crippen molar-refractivity contribution in [2.45, 2.75) is 22.8 Å². The van der Waals surface area contributed by atoms with Crippen molar-refractivity contribution >= 4 is 21.4 Å². The van der Waals surface area contributed by atoms with Crippen molar-refractivity contribution in [1.82, 2.24) is 0 Å². The van der Waals surface area contributed by atoms with Crippen molar-refractivity contribution in [1.29, 1.82) is 0 Å². The zero-order valence-electron chi connectivity index (χ0n) is 12.8. The van der Waals surface area contributed by atoms with Crippen LogP contribution in [0.4, 0.5) is 5.69 Å². The number of hydrogen-bond acceptors (Lipinski definition) is 5. The van der Waals surface area contributed by atoms with Crippen LogP contribution in [-0.2, 0) is 14.6 Å². The van der Waals surface area contributed by atoms with Crippen molar-refractivity contribution in [2.24, 2.45) is 5.73 Å². The maximum absolute atomic E-state index is 12.6. The third kappa shape index (κ3) is 3.88. The first-order valence-corrected chi connectivity index (χ1v) is 8.38. The lowest BCUT2D eigenvalue weighted by atomic mass is 10.3. The number of sulfone groups is 1. The number of methoxy groups -OCH3 is 1. The van der Waals surface area contributed by atoms with E-state index in [1.54, 1.807) is 31.2 Å². The van der Waals surface area contributed by atoms with Crippen LogP contribution in [0.25, 0.3) is 0 Å². The second kappa shape index (κ2) is 6.80. The highest BCUT2D eigenvalue weighted by Crippen LogP contribution is 2.25. The first kappa shape index (κ1) is 17.0. The third-order valence-electron chi connectivity index (χ3n) is 3.20. The monoisotopic (exact) mass is 334 g/mol. The summed E-state index contributed by atoms with van der Waals surface area (Å²) >= 11 is 0. The highest BCUT2D eigenvalue weighted by molar-refractivity contribution is 7.91. The Labute approximate surface area is 135 Å². The van der Waals surface area contributed by atoms with Crippen LogP contribution in [0, 0.1) is 0 Å². The number of nitrogens with two attached hydrogens (primary N) is 1. The molecule has 0 spiro atoms. The van der Waals surface area contributed by atoms with Crippen molar-refractivity contribution in [2.75, 3.05) is 12.4 Å². The molecule has 0 saturated carbocycles. The van der Waals surface area contributed by atoms with Gasteiger partial charge in [0.15, 0.2) is 0 Å². The van der Waals surface area contributed by atoms with Crippen LogP contribution in [0.15, 0.2) is 58.3 Å². The summed E-state index contributed by atoms with van der Waals surface area (Å²) in [6, 6.07) is 11.5. The molecule has 0 heterocycles. The van der Waals surface area contributed by atoms with Crippen molar-refractivity contribution < 1.29 is 17.9 Å². The molecular weight excluding hydrogens is 316 g/mol. The van der Waals surface area contributed by atoms with Gasteiger partial charge in [-0.05, 0) is 49.4 Å². The Morgan fingerprint density at radius 3 is 2.35 bits per heavy atom. The van der Waals surface area contributed by atoms with Gasteiger partial charge in [-0.2, -0.15) is 0 Å². The Kier molecular flexibility index (Phi) is 5.02. The van der Waals surface area contributed by atoms with Gasteiger partial charge in [0.25, 0.3) is 0 Å². The van der Waals surface area contributed by atoms with Crippen LogP contribution < -0.4 is 15.8 Å². The van der Waals surface area contributed by atoms with Crippen LogP contribution in [0.1, 0.15) is 6.92 Å². The molecule has 0 aliphatic heterocycles. The van der Waals surface area contributed by atoms with E-state index in [-0.39, 0.29) is 15.7 Å².